The van der Waals surface area contributed by atoms with E-state index in [1.54, 1.807) is 7.11 Å². The standard InChI is InChI=1S/C14H27N3O3/c1-11-9-17(7-8-20-11)12-3-5-16(6-4-12)14(18)13(15)10-19-2/h11-13H,3-10,15H2,1-2H3. The van der Waals surface area contributed by atoms with E-state index in [1.165, 1.54) is 0 Å². The summed E-state index contributed by atoms with van der Waals surface area (Å²) in [6.07, 6.45) is 2.37. The number of ether oxygens (including phenoxy) is 2. The maximum absolute atomic E-state index is 12.1. The molecule has 0 radical (unpaired) electrons. The topological polar surface area (TPSA) is 68.0 Å². The SMILES string of the molecule is COCC(N)C(=O)N1CCC(N2CCOC(C)C2)CC1. The largest absolute Gasteiger partial charge is 0.383 e. The van der Waals surface area contributed by atoms with Gasteiger partial charge in [0.05, 0.1) is 19.3 Å². The molecule has 0 bridgehead atoms. The van der Waals surface area contributed by atoms with Crippen LogP contribution in [0.5, 0.6) is 0 Å². The maximum atomic E-state index is 12.1. The molecule has 2 heterocycles. The second-order valence-corrected chi connectivity index (χ2v) is 5.79. The molecular weight excluding hydrogens is 258 g/mol. The number of hydrogen-bond donors (Lipinski definition) is 1. The molecule has 0 aromatic heterocycles. The van der Waals surface area contributed by atoms with Gasteiger partial charge in [0.25, 0.3) is 0 Å². The number of nitrogens with two attached hydrogens (primary N) is 1. The Morgan fingerprint density at radius 2 is 2.10 bits per heavy atom. The Bertz CT molecular complexity index is 319. The third-order valence-electron chi connectivity index (χ3n) is 4.23. The van der Waals surface area contributed by atoms with E-state index in [0.717, 1.165) is 45.6 Å². The highest BCUT2D eigenvalue weighted by atomic mass is 16.5. The summed E-state index contributed by atoms with van der Waals surface area (Å²) in [7, 11) is 1.57. The van der Waals surface area contributed by atoms with Gasteiger partial charge in [-0.1, -0.05) is 0 Å². The Balaban J connectivity index is 1.78. The van der Waals surface area contributed by atoms with Crippen LogP contribution < -0.4 is 5.73 Å². The number of piperidine rings is 1. The summed E-state index contributed by atoms with van der Waals surface area (Å²) in [5.41, 5.74) is 5.81. The van der Waals surface area contributed by atoms with E-state index in [2.05, 4.69) is 11.8 Å². The fourth-order valence-corrected chi connectivity index (χ4v) is 3.11. The average molecular weight is 285 g/mol. The van der Waals surface area contributed by atoms with Crippen molar-refractivity contribution in [2.45, 2.75) is 38.0 Å². The van der Waals surface area contributed by atoms with E-state index in [-0.39, 0.29) is 5.91 Å². The van der Waals surface area contributed by atoms with E-state index in [0.29, 0.717) is 18.8 Å². The highest BCUT2D eigenvalue weighted by molar-refractivity contribution is 5.81. The van der Waals surface area contributed by atoms with Crippen molar-refractivity contribution in [2.75, 3.05) is 46.5 Å². The number of amides is 1. The highest BCUT2D eigenvalue weighted by Gasteiger charge is 2.30. The van der Waals surface area contributed by atoms with Crippen molar-refractivity contribution in [3.05, 3.63) is 0 Å². The number of hydrogen-bond acceptors (Lipinski definition) is 5. The van der Waals surface area contributed by atoms with Crippen molar-refractivity contribution in [1.29, 1.82) is 0 Å². The predicted octanol–water partition coefficient (Wildman–Crippen LogP) is -0.328. The number of likely N-dealkylation sites (tertiary alicyclic amines) is 1. The van der Waals surface area contributed by atoms with Crippen LogP contribution in [0, 0.1) is 0 Å². The molecule has 0 aliphatic carbocycles. The molecule has 0 saturated carbocycles. The van der Waals surface area contributed by atoms with Gasteiger partial charge in [0.1, 0.15) is 6.04 Å². The number of morpholine rings is 1. The van der Waals surface area contributed by atoms with E-state index >= 15 is 0 Å². The molecule has 6 heteroatoms. The van der Waals surface area contributed by atoms with Crippen LogP contribution in [0.2, 0.25) is 0 Å². The molecular formula is C14H27N3O3. The summed E-state index contributed by atoms with van der Waals surface area (Å²) in [5, 5.41) is 0. The summed E-state index contributed by atoms with van der Waals surface area (Å²) >= 11 is 0. The molecule has 116 valence electrons. The van der Waals surface area contributed by atoms with Gasteiger partial charge < -0.3 is 20.1 Å². The molecule has 20 heavy (non-hydrogen) atoms. The molecule has 0 spiro atoms. The molecule has 0 aromatic carbocycles. The molecule has 2 fully saturated rings. The number of methoxy groups -OCH3 is 1. The van der Waals surface area contributed by atoms with Crippen LogP contribution in [-0.4, -0.2) is 80.4 Å². The van der Waals surface area contributed by atoms with Gasteiger partial charge >= 0.3 is 0 Å². The van der Waals surface area contributed by atoms with Gasteiger partial charge in [0.2, 0.25) is 5.91 Å². The second kappa shape index (κ2) is 7.36. The van der Waals surface area contributed by atoms with Crippen LogP contribution in [0.3, 0.4) is 0 Å². The molecule has 2 N–H and O–H groups in total. The molecule has 1 amide bonds. The van der Waals surface area contributed by atoms with E-state index < -0.39 is 6.04 Å². The lowest BCUT2D eigenvalue weighted by atomic mass is 10.0. The molecule has 2 saturated heterocycles. The van der Waals surface area contributed by atoms with Crippen molar-refractivity contribution in [3.63, 3.8) is 0 Å². The summed E-state index contributed by atoms with van der Waals surface area (Å²) in [6.45, 7) is 6.83. The molecule has 6 nitrogen and oxygen atoms in total. The van der Waals surface area contributed by atoms with Gasteiger partial charge in [-0.3, -0.25) is 9.69 Å². The Hall–Kier alpha value is -0.690. The number of nitrogens with zero attached hydrogens (tertiary/aromatic N) is 2. The van der Waals surface area contributed by atoms with Crippen molar-refractivity contribution >= 4 is 5.91 Å². The van der Waals surface area contributed by atoms with Gasteiger partial charge in [-0.25, -0.2) is 0 Å². The number of carbonyl (C=O) groups is 1. The lowest BCUT2D eigenvalue weighted by Gasteiger charge is -2.42. The monoisotopic (exact) mass is 285 g/mol. The first-order chi connectivity index (χ1) is 9.61. The third kappa shape index (κ3) is 3.91. The van der Waals surface area contributed by atoms with E-state index in [1.807, 2.05) is 4.90 Å². The average Bonchev–Trinajstić information content (AvgIpc) is 2.47. The summed E-state index contributed by atoms with van der Waals surface area (Å²) < 4.78 is 10.5. The van der Waals surface area contributed by atoms with Crippen LogP contribution in [0.4, 0.5) is 0 Å². The molecule has 0 aromatic rings. The quantitative estimate of drug-likeness (QED) is 0.766. The smallest absolute Gasteiger partial charge is 0.241 e. The minimum absolute atomic E-state index is 0.0145. The first kappa shape index (κ1) is 15.7. The van der Waals surface area contributed by atoms with Crippen LogP contribution in [0.1, 0.15) is 19.8 Å². The Morgan fingerprint density at radius 3 is 2.70 bits per heavy atom. The fraction of sp³-hybridized carbons (Fsp3) is 0.929. The van der Waals surface area contributed by atoms with Crippen molar-refractivity contribution in [3.8, 4) is 0 Å². The Labute approximate surface area is 121 Å². The van der Waals surface area contributed by atoms with Crippen LogP contribution in [-0.2, 0) is 14.3 Å². The minimum Gasteiger partial charge on any atom is -0.383 e. The van der Waals surface area contributed by atoms with Crippen molar-refractivity contribution in [2.24, 2.45) is 5.73 Å². The second-order valence-electron chi connectivity index (χ2n) is 5.79. The van der Waals surface area contributed by atoms with Gasteiger partial charge in [0.15, 0.2) is 0 Å². The normalized spacial score (nSPS) is 27.6. The Kier molecular flexibility index (Phi) is 5.77. The summed E-state index contributed by atoms with van der Waals surface area (Å²) in [6, 6.07) is 0.0454. The van der Waals surface area contributed by atoms with Crippen LogP contribution in [0.25, 0.3) is 0 Å². The lowest BCUT2D eigenvalue weighted by molar-refractivity contribution is -0.135. The maximum Gasteiger partial charge on any atom is 0.241 e. The Morgan fingerprint density at radius 1 is 1.40 bits per heavy atom. The zero-order valence-corrected chi connectivity index (χ0v) is 12.6. The number of carbonyl (C=O) groups excluding carboxylic acids is 1. The highest BCUT2D eigenvalue weighted by Crippen LogP contribution is 2.19. The molecule has 2 atom stereocenters. The molecule has 2 rings (SSSR count). The van der Waals surface area contributed by atoms with Crippen molar-refractivity contribution < 1.29 is 14.3 Å². The zero-order chi connectivity index (χ0) is 14.5. The van der Waals surface area contributed by atoms with Gasteiger partial charge in [-0.2, -0.15) is 0 Å². The van der Waals surface area contributed by atoms with E-state index in [9.17, 15) is 4.79 Å². The lowest BCUT2D eigenvalue weighted by Crippen LogP contribution is -2.54. The first-order valence-electron chi connectivity index (χ1n) is 7.50. The molecule has 2 unspecified atom stereocenters. The van der Waals surface area contributed by atoms with Crippen LogP contribution >= 0.6 is 0 Å². The number of rotatable bonds is 4. The fourth-order valence-electron chi connectivity index (χ4n) is 3.11. The third-order valence-corrected chi connectivity index (χ3v) is 4.23. The summed E-state index contributed by atoms with van der Waals surface area (Å²) in [4.78, 5) is 16.5. The molecule has 2 aliphatic rings. The predicted molar refractivity (Wildman–Crippen MR) is 76.4 cm³/mol. The van der Waals surface area contributed by atoms with Gasteiger partial charge in [-0.05, 0) is 19.8 Å². The summed E-state index contributed by atoms with van der Waals surface area (Å²) in [5.74, 6) is 0.0145. The zero-order valence-electron chi connectivity index (χ0n) is 12.6. The first-order valence-corrected chi connectivity index (χ1v) is 7.50. The van der Waals surface area contributed by atoms with Crippen molar-refractivity contribution in [1.82, 2.24) is 9.80 Å². The van der Waals surface area contributed by atoms with Gasteiger partial charge in [-0.15, -0.1) is 0 Å². The minimum atomic E-state index is -0.528. The van der Waals surface area contributed by atoms with Crippen LogP contribution in [0.15, 0.2) is 0 Å². The van der Waals surface area contributed by atoms with E-state index in [4.69, 9.17) is 15.2 Å². The molecule has 2 aliphatic heterocycles. The van der Waals surface area contributed by atoms with Gasteiger partial charge in [0, 0.05) is 39.3 Å².